The van der Waals surface area contributed by atoms with Gasteiger partial charge in [-0.3, -0.25) is 9.59 Å². The van der Waals surface area contributed by atoms with Crippen LogP contribution in [0.15, 0.2) is 53.4 Å². The summed E-state index contributed by atoms with van der Waals surface area (Å²) >= 11 is 0. The third-order valence-electron chi connectivity index (χ3n) is 5.16. The Morgan fingerprint density at radius 2 is 1.50 bits per heavy atom. The van der Waals surface area contributed by atoms with Gasteiger partial charge >= 0.3 is 0 Å². The van der Waals surface area contributed by atoms with E-state index in [1.165, 1.54) is 47.1 Å². The predicted octanol–water partition coefficient (Wildman–Crippen LogP) is 2.50. The van der Waals surface area contributed by atoms with Gasteiger partial charge in [-0.25, -0.2) is 17.2 Å². The normalized spacial score (nSPS) is 15.7. The van der Waals surface area contributed by atoms with E-state index in [2.05, 4.69) is 0 Å². The molecule has 1 fully saturated rings. The fraction of sp³-hybridized carbons (Fsp3) is 0.333. The van der Waals surface area contributed by atoms with Gasteiger partial charge in [0.1, 0.15) is 11.6 Å². The molecule has 0 bridgehead atoms. The maximum atomic E-state index is 13.8. The second kappa shape index (κ2) is 8.91. The topological polar surface area (TPSA) is 74.8 Å². The fourth-order valence-electron chi connectivity index (χ4n) is 3.31. The minimum atomic E-state index is -3.77. The summed E-state index contributed by atoms with van der Waals surface area (Å²) in [5, 5.41) is -0.978. The Labute approximate surface area is 174 Å². The number of carbonyl (C=O) groups is 2. The molecule has 3 rings (SSSR count). The highest BCUT2D eigenvalue weighted by Crippen LogP contribution is 2.20. The Bertz CT molecular complexity index is 1030. The van der Waals surface area contributed by atoms with Crippen LogP contribution in [-0.4, -0.2) is 61.5 Å². The van der Waals surface area contributed by atoms with Crippen molar-refractivity contribution in [2.45, 2.75) is 23.5 Å². The van der Waals surface area contributed by atoms with Crippen LogP contribution in [0.2, 0.25) is 0 Å². The van der Waals surface area contributed by atoms with E-state index in [0.717, 1.165) is 12.1 Å². The van der Waals surface area contributed by atoms with Crippen LogP contribution in [0.25, 0.3) is 0 Å². The van der Waals surface area contributed by atoms with Crippen LogP contribution >= 0.6 is 0 Å². The van der Waals surface area contributed by atoms with Crippen LogP contribution in [-0.2, 0) is 14.6 Å². The van der Waals surface area contributed by atoms with Gasteiger partial charge in [-0.2, -0.15) is 0 Å². The van der Waals surface area contributed by atoms with E-state index in [1.807, 2.05) is 0 Å². The summed E-state index contributed by atoms with van der Waals surface area (Å²) in [5.74, 6) is -1.92. The molecule has 2 amide bonds. The monoisotopic (exact) mass is 436 g/mol. The van der Waals surface area contributed by atoms with Crippen molar-refractivity contribution in [2.24, 2.45) is 0 Å². The van der Waals surface area contributed by atoms with E-state index < -0.39 is 32.6 Å². The van der Waals surface area contributed by atoms with E-state index in [4.69, 9.17) is 0 Å². The number of benzene rings is 2. The zero-order valence-corrected chi connectivity index (χ0v) is 17.2. The number of hydrogen-bond acceptors (Lipinski definition) is 4. The minimum absolute atomic E-state index is 0.0173. The number of amides is 2. The van der Waals surface area contributed by atoms with Crippen LogP contribution in [0.5, 0.6) is 0 Å². The molecule has 9 heteroatoms. The molecule has 0 aliphatic carbocycles. The van der Waals surface area contributed by atoms with E-state index in [0.29, 0.717) is 0 Å². The van der Waals surface area contributed by atoms with E-state index in [9.17, 15) is 26.8 Å². The highest BCUT2D eigenvalue weighted by atomic mass is 32.2. The van der Waals surface area contributed by atoms with Crippen molar-refractivity contribution in [3.05, 3.63) is 65.7 Å². The van der Waals surface area contributed by atoms with Crippen molar-refractivity contribution in [2.75, 3.05) is 26.2 Å². The van der Waals surface area contributed by atoms with E-state index in [1.54, 1.807) is 6.07 Å². The first-order valence-corrected chi connectivity index (χ1v) is 11.1. The SMILES string of the molecule is CC(CC(=O)N1CCN(C(=O)c2ccccc2F)CC1)S(=O)(=O)c1ccc(F)cc1. The first-order valence-electron chi connectivity index (χ1n) is 9.51. The summed E-state index contributed by atoms with van der Waals surface area (Å²) in [6.07, 6.45) is -0.221. The van der Waals surface area contributed by atoms with Gasteiger partial charge in [0.2, 0.25) is 5.91 Å². The molecule has 1 atom stereocenters. The summed E-state index contributed by atoms with van der Waals surface area (Å²) in [5.41, 5.74) is -0.0173. The molecular formula is C21H22F2N2O4S. The molecule has 30 heavy (non-hydrogen) atoms. The molecule has 1 unspecified atom stereocenters. The molecule has 1 aliphatic rings. The molecule has 1 heterocycles. The minimum Gasteiger partial charge on any atom is -0.339 e. The summed E-state index contributed by atoms with van der Waals surface area (Å²) in [7, 11) is -3.77. The Morgan fingerprint density at radius 3 is 2.10 bits per heavy atom. The molecule has 0 N–H and O–H groups in total. The molecule has 0 radical (unpaired) electrons. The van der Waals surface area contributed by atoms with E-state index in [-0.39, 0.29) is 49.0 Å². The van der Waals surface area contributed by atoms with Gasteiger partial charge in [-0.15, -0.1) is 0 Å². The molecule has 0 saturated carbocycles. The summed E-state index contributed by atoms with van der Waals surface area (Å²) in [4.78, 5) is 28.0. The Balaban J connectivity index is 1.58. The van der Waals surface area contributed by atoms with Gasteiger partial charge in [0, 0.05) is 32.6 Å². The molecule has 1 saturated heterocycles. The van der Waals surface area contributed by atoms with Crippen LogP contribution in [0.3, 0.4) is 0 Å². The molecular weight excluding hydrogens is 414 g/mol. The number of sulfone groups is 1. The molecule has 0 aromatic heterocycles. The van der Waals surface area contributed by atoms with Crippen molar-refractivity contribution in [3.8, 4) is 0 Å². The first-order chi connectivity index (χ1) is 14.2. The zero-order valence-electron chi connectivity index (χ0n) is 16.4. The van der Waals surface area contributed by atoms with Crippen molar-refractivity contribution >= 4 is 21.7 Å². The van der Waals surface area contributed by atoms with Crippen molar-refractivity contribution in [1.29, 1.82) is 0 Å². The van der Waals surface area contributed by atoms with Crippen molar-refractivity contribution in [1.82, 2.24) is 9.80 Å². The molecule has 1 aliphatic heterocycles. The smallest absolute Gasteiger partial charge is 0.256 e. The number of hydrogen-bond donors (Lipinski definition) is 0. The van der Waals surface area contributed by atoms with Crippen molar-refractivity contribution in [3.63, 3.8) is 0 Å². The molecule has 6 nitrogen and oxygen atoms in total. The van der Waals surface area contributed by atoms with Crippen molar-refractivity contribution < 1.29 is 26.8 Å². The van der Waals surface area contributed by atoms with Crippen LogP contribution in [0, 0.1) is 11.6 Å². The highest BCUT2D eigenvalue weighted by molar-refractivity contribution is 7.92. The summed E-state index contributed by atoms with van der Waals surface area (Å²) in [6.45, 7) is 2.38. The molecule has 2 aromatic carbocycles. The van der Waals surface area contributed by atoms with Gasteiger partial charge in [-0.1, -0.05) is 12.1 Å². The average Bonchev–Trinajstić information content (AvgIpc) is 2.74. The Morgan fingerprint density at radius 1 is 0.933 bits per heavy atom. The highest BCUT2D eigenvalue weighted by Gasteiger charge is 2.30. The number of piperazine rings is 1. The summed E-state index contributed by atoms with van der Waals surface area (Å²) < 4.78 is 52.1. The van der Waals surface area contributed by atoms with E-state index >= 15 is 0 Å². The lowest BCUT2D eigenvalue weighted by Crippen LogP contribution is -2.51. The maximum Gasteiger partial charge on any atom is 0.256 e. The fourth-order valence-corrected chi connectivity index (χ4v) is 4.65. The summed E-state index contributed by atoms with van der Waals surface area (Å²) in [6, 6.07) is 10.2. The van der Waals surface area contributed by atoms with Gasteiger partial charge in [0.15, 0.2) is 9.84 Å². The lowest BCUT2D eigenvalue weighted by atomic mass is 10.1. The Kier molecular flexibility index (Phi) is 6.50. The average molecular weight is 436 g/mol. The molecule has 160 valence electrons. The van der Waals surface area contributed by atoms with Crippen LogP contribution in [0.4, 0.5) is 8.78 Å². The Hall–Kier alpha value is -2.81. The zero-order chi connectivity index (χ0) is 21.9. The van der Waals surface area contributed by atoms with Gasteiger partial charge < -0.3 is 9.80 Å². The van der Waals surface area contributed by atoms with Gasteiger partial charge in [0.05, 0.1) is 15.7 Å². The van der Waals surface area contributed by atoms with Crippen LogP contribution < -0.4 is 0 Å². The van der Waals surface area contributed by atoms with Gasteiger partial charge in [-0.05, 0) is 43.3 Å². The molecule has 2 aromatic rings. The van der Waals surface area contributed by atoms with Gasteiger partial charge in [0.25, 0.3) is 5.91 Å². The van der Waals surface area contributed by atoms with Crippen LogP contribution in [0.1, 0.15) is 23.7 Å². The second-order valence-corrected chi connectivity index (χ2v) is 9.53. The maximum absolute atomic E-state index is 13.8. The number of halogens is 2. The quantitative estimate of drug-likeness (QED) is 0.675. The number of rotatable bonds is 5. The largest absolute Gasteiger partial charge is 0.339 e. The second-order valence-electron chi connectivity index (χ2n) is 7.17. The number of carbonyl (C=O) groups excluding carboxylic acids is 2. The predicted molar refractivity (Wildman–Crippen MR) is 107 cm³/mol. The molecule has 0 spiro atoms. The first kappa shape index (κ1) is 21.9. The third kappa shape index (κ3) is 4.67. The lowest BCUT2D eigenvalue weighted by Gasteiger charge is -2.35. The lowest BCUT2D eigenvalue weighted by molar-refractivity contribution is -0.132. The number of nitrogens with zero attached hydrogens (tertiary/aromatic N) is 2. The standard InChI is InChI=1S/C21H22F2N2O4S/c1-15(30(28,29)17-8-6-16(22)7-9-17)14-20(26)24-10-12-25(13-11-24)21(27)18-4-2-3-5-19(18)23/h2-9,15H,10-14H2,1H3. The third-order valence-corrected chi connectivity index (χ3v) is 7.31.